The molecule has 0 radical (unpaired) electrons. The summed E-state index contributed by atoms with van der Waals surface area (Å²) in [7, 11) is 0. The third-order valence-electron chi connectivity index (χ3n) is 5.14. The topological polar surface area (TPSA) is 67.8 Å². The standard InChI is InChI=1S/C25H18ClN3O2S2/c26-16-9-11-18(12-10-16)32-14-17-13-23(30)28-25(27-17)33-15-24(31)29-21-7-3-1-5-19(21)20-6-2-4-8-22(20)29/h1-13H,14-15H2,(H,27,28,30). The Morgan fingerprint density at radius 3 is 2.21 bits per heavy atom. The lowest BCUT2D eigenvalue weighted by Gasteiger charge is -2.07. The summed E-state index contributed by atoms with van der Waals surface area (Å²) >= 11 is 8.74. The molecule has 33 heavy (non-hydrogen) atoms. The zero-order valence-electron chi connectivity index (χ0n) is 17.3. The van der Waals surface area contributed by atoms with Gasteiger partial charge in [0.2, 0.25) is 5.91 Å². The van der Waals surface area contributed by atoms with E-state index in [1.165, 1.54) is 17.8 Å². The van der Waals surface area contributed by atoms with Crippen molar-refractivity contribution in [2.75, 3.05) is 5.75 Å². The van der Waals surface area contributed by atoms with Gasteiger partial charge in [0.25, 0.3) is 5.56 Å². The van der Waals surface area contributed by atoms with Crippen LogP contribution in [0.1, 0.15) is 10.5 Å². The van der Waals surface area contributed by atoms with Gasteiger partial charge < -0.3 is 4.98 Å². The maximum Gasteiger partial charge on any atom is 0.251 e. The van der Waals surface area contributed by atoms with E-state index in [9.17, 15) is 9.59 Å². The monoisotopic (exact) mass is 491 g/mol. The van der Waals surface area contributed by atoms with Crippen LogP contribution in [-0.4, -0.2) is 26.2 Å². The molecule has 0 saturated carbocycles. The lowest BCUT2D eigenvalue weighted by Crippen LogP contribution is -2.15. The Bertz CT molecular complexity index is 1470. The zero-order valence-corrected chi connectivity index (χ0v) is 19.7. The minimum absolute atomic E-state index is 0.0685. The number of thioether (sulfide) groups is 2. The maximum absolute atomic E-state index is 13.2. The molecule has 0 aliphatic rings. The average molecular weight is 492 g/mol. The molecule has 2 heterocycles. The molecular weight excluding hydrogens is 474 g/mol. The van der Waals surface area contributed by atoms with Crippen LogP contribution in [-0.2, 0) is 5.75 Å². The van der Waals surface area contributed by atoms with Gasteiger partial charge in [0.15, 0.2) is 5.16 Å². The van der Waals surface area contributed by atoms with Crippen molar-refractivity contribution in [1.82, 2.24) is 14.5 Å². The third kappa shape index (κ3) is 4.71. The van der Waals surface area contributed by atoms with E-state index in [2.05, 4.69) is 9.97 Å². The quantitative estimate of drug-likeness (QED) is 0.224. The maximum atomic E-state index is 13.2. The van der Waals surface area contributed by atoms with Gasteiger partial charge in [-0.2, -0.15) is 0 Å². The van der Waals surface area contributed by atoms with Crippen molar-refractivity contribution in [2.24, 2.45) is 0 Å². The van der Waals surface area contributed by atoms with Crippen LogP contribution in [0.5, 0.6) is 0 Å². The van der Waals surface area contributed by atoms with Gasteiger partial charge in [-0.25, -0.2) is 4.98 Å². The molecule has 5 nitrogen and oxygen atoms in total. The largest absolute Gasteiger partial charge is 0.301 e. The molecule has 8 heteroatoms. The Morgan fingerprint density at radius 2 is 1.55 bits per heavy atom. The molecule has 0 aliphatic carbocycles. The minimum atomic E-state index is -0.233. The van der Waals surface area contributed by atoms with Crippen molar-refractivity contribution < 1.29 is 4.79 Å². The number of para-hydroxylation sites is 2. The molecule has 0 fully saturated rings. The van der Waals surface area contributed by atoms with Gasteiger partial charge >= 0.3 is 0 Å². The van der Waals surface area contributed by atoms with Gasteiger partial charge in [0, 0.05) is 32.5 Å². The van der Waals surface area contributed by atoms with Gasteiger partial charge in [-0.1, -0.05) is 59.8 Å². The number of halogens is 1. The van der Waals surface area contributed by atoms with Gasteiger partial charge in [-0.15, -0.1) is 11.8 Å². The lowest BCUT2D eigenvalue weighted by atomic mass is 10.2. The van der Waals surface area contributed by atoms with Gasteiger partial charge in [-0.05, 0) is 36.4 Å². The second-order valence-electron chi connectivity index (χ2n) is 7.34. The minimum Gasteiger partial charge on any atom is -0.301 e. The number of aromatic amines is 1. The number of carbonyl (C=O) groups is 1. The average Bonchev–Trinajstić information content (AvgIpc) is 3.16. The van der Waals surface area contributed by atoms with Gasteiger partial charge in [0.1, 0.15) is 0 Å². The van der Waals surface area contributed by atoms with Crippen LogP contribution in [0, 0.1) is 0 Å². The zero-order chi connectivity index (χ0) is 22.8. The van der Waals surface area contributed by atoms with E-state index in [0.717, 1.165) is 26.7 Å². The fourth-order valence-corrected chi connectivity index (χ4v) is 5.36. The summed E-state index contributed by atoms with van der Waals surface area (Å²) in [6, 6.07) is 24.8. The summed E-state index contributed by atoms with van der Waals surface area (Å²) < 4.78 is 1.75. The molecule has 0 unspecified atom stereocenters. The van der Waals surface area contributed by atoms with E-state index >= 15 is 0 Å². The predicted octanol–water partition coefficient (Wildman–Crippen LogP) is 6.26. The highest BCUT2D eigenvalue weighted by atomic mass is 35.5. The number of fused-ring (bicyclic) bond motifs is 3. The second-order valence-corrected chi connectivity index (χ2v) is 9.79. The Morgan fingerprint density at radius 1 is 0.909 bits per heavy atom. The summed E-state index contributed by atoms with van der Waals surface area (Å²) in [5.74, 6) is 0.625. The SMILES string of the molecule is O=C(CSc1nc(CSc2ccc(Cl)cc2)cc(=O)[nH]1)n1c2ccccc2c2ccccc21. The first-order chi connectivity index (χ1) is 16.1. The molecule has 3 aromatic carbocycles. The number of benzene rings is 3. The van der Waals surface area contributed by atoms with E-state index in [-0.39, 0.29) is 17.2 Å². The van der Waals surface area contributed by atoms with Crippen LogP contribution in [0.4, 0.5) is 0 Å². The van der Waals surface area contributed by atoms with Crippen LogP contribution in [0.2, 0.25) is 5.02 Å². The number of hydrogen-bond donors (Lipinski definition) is 1. The molecule has 0 aliphatic heterocycles. The number of aromatic nitrogens is 3. The highest BCUT2D eigenvalue weighted by molar-refractivity contribution is 7.99. The highest BCUT2D eigenvalue weighted by Crippen LogP contribution is 2.29. The first kappa shape index (κ1) is 21.8. The normalized spacial score (nSPS) is 11.3. The van der Waals surface area contributed by atoms with Crippen molar-refractivity contribution in [3.8, 4) is 0 Å². The molecular formula is C25H18ClN3O2S2. The summed E-state index contributed by atoms with van der Waals surface area (Å²) in [6.07, 6.45) is 0. The van der Waals surface area contributed by atoms with Crippen molar-refractivity contribution in [1.29, 1.82) is 0 Å². The van der Waals surface area contributed by atoms with Crippen LogP contribution >= 0.6 is 35.1 Å². The second kappa shape index (κ2) is 9.47. The Labute approximate surface area is 203 Å². The van der Waals surface area contributed by atoms with Crippen molar-refractivity contribution in [3.63, 3.8) is 0 Å². The van der Waals surface area contributed by atoms with E-state index in [1.807, 2.05) is 72.8 Å². The lowest BCUT2D eigenvalue weighted by molar-refractivity contribution is 0.0951. The highest BCUT2D eigenvalue weighted by Gasteiger charge is 2.16. The first-order valence-electron chi connectivity index (χ1n) is 10.2. The van der Waals surface area contributed by atoms with Gasteiger partial charge in [-0.3, -0.25) is 14.2 Å². The number of rotatable bonds is 6. The van der Waals surface area contributed by atoms with Crippen molar-refractivity contribution >= 4 is 62.8 Å². The number of hydrogen-bond acceptors (Lipinski definition) is 5. The molecule has 1 N–H and O–H groups in total. The summed E-state index contributed by atoms with van der Waals surface area (Å²) in [6.45, 7) is 0. The van der Waals surface area contributed by atoms with Crippen molar-refractivity contribution in [3.05, 3.63) is 99.9 Å². The molecule has 5 aromatic rings. The summed E-state index contributed by atoms with van der Waals surface area (Å²) in [5, 5.41) is 3.20. The van der Waals surface area contributed by atoms with Crippen molar-refractivity contribution in [2.45, 2.75) is 15.8 Å². The number of carbonyl (C=O) groups excluding carboxylic acids is 1. The fourth-order valence-electron chi connectivity index (χ4n) is 3.70. The Hall–Kier alpha value is -3.00. The van der Waals surface area contributed by atoms with E-state index in [0.29, 0.717) is 21.6 Å². The van der Waals surface area contributed by atoms with Gasteiger partial charge in [0.05, 0.1) is 22.5 Å². The predicted molar refractivity (Wildman–Crippen MR) is 137 cm³/mol. The van der Waals surface area contributed by atoms with Crippen LogP contribution in [0.15, 0.2) is 93.7 Å². The van der Waals surface area contributed by atoms with Crippen LogP contribution in [0.25, 0.3) is 21.8 Å². The molecule has 0 saturated heterocycles. The molecule has 0 amide bonds. The van der Waals surface area contributed by atoms with E-state index < -0.39 is 0 Å². The van der Waals surface area contributed by atoms with E-state index in [1.54, 1.807) is 16.3 Å². The first-order valence-corrected chi connectivity index (χ1v) is 12.6. The Balaban J connectivity index is 1.35. The molecule has 0 bridgehead atoms. The molecule has 0 atom stereocenters. The molecule has 5 rings (SSSR count). The summed E-state index contributed by atoms with van der Waals surface area (Å²) in [4.78, 5) is 33.7. The molecule has 2 aromatic heterocycles. The summed E-state index contributed by atoms with van der Waals surface area (Å²) in [5.41, 5.74) is 2.17. The smallest absolute Gasteiger partial charge is 0.251 e. The number of H-pyrrole nitrogens is 1. The number of nitrogens with one attached hydrogen (secondary N) is 1. The third-order valence-corrected chi connectivity index (χ3v) is 7.29. The fraction of sp³-hybridized carbons (Fsp3) is 0.0800. The van der Waals surface area contributed by atoms with E-state index in [4.69, 9.17) is 11.6 Å². The molecule has 164 valence electrons. The molecule has 0 spiro atoms. The number of nitrogens with zero attached hydrogens (tertiary/aromatic N) is 2. The van der Waals surface area contributed by atoms with Crippen LogP contribution in [0.3, 0.4) is 0 Å². The van der Waals surface area contributed by atoms with Crippen LogP contribution < -0.4 is 5.56 Å². The Kier molecular flexibility index (Phi) is 6.26.